The van der Waals surface area contributed by atoms with Crippen LogP contribution in [-0.2, 0) is 4.79 Å². The second-order valence-corrected chi connectivity index (χ2v) is 7.92. The molecule has 3 unspecified atom stereocenters. The summed E-state index contributed by atoms with van der Waals surface area (Å²) in [6.07, 6.45) is 9.01. The van der Waals surface area contributed by atoms with Crippen LogP contribution in [0.5, 0.6) is 0 Å². The Morgan fingerprint density at radius 1 is 1.22 bits per heavy atom. The molecule has 0 radical (unpaired) electrons. The largest absolute Gasteiger partial charge is 0.621 e. The third kappa shape index (κ3) is 7.30. The van der Waals surface area contributed by atoms with Gasteiger partial charge in [0.25, 0.3) is 0 Å². The average Bonchev–Trinajstić information content (AvgIpc) is 2.43. The number of quaternary nitrogens is 1. The fraction of sp³-hybridized carbons (Fsp3) is 0.933. The van der Waals surface area contributed by atoms with E-state index in [0.717, 1.165) is 18.3 Å². The van der Waals surface area contributed by atoms with E-state index in [-0.39, 0.29) is 19.0 Å². The third-order valence-electron chi connectivity index (χ3n) is 4.89. The smallest absolute Gasteiger partial charge is 0.496 e. The standard InChI is InChI=1S/C15H25F3N2O2S/c16-15(17,18)23-20(22)7-6-19-14(21)5-4-13-9-11-2-1-3-12(8-11)10-13/h11-13,20H,1-10H2,(H,19,21). The number of carbonyl (C=O) groups excluding carboxylic acids is 1. The molecule has 2 N–H and O–H groups in total. The van der Waals surface area contributed by atoms with E-state index < -0.39 is 21.9 Å². The summed E-state index contributed by atoms with van der Waals surface area (Å²) in [7, 11) is 0. The molecule has 23 heavy (non-hydrogen) atoms. The summed E-state index contributed by atoms with van der Waals surface area (Å²) in [6, 6.07) is 0. The molecular formula is C15H25F3N2O2S. The molecule has 2 bridgehead atoms. The zero-order valence-electron chi connectivity index (χ0n) is 13.2. The van der Waals surface area contributed by atoms with Gasteiger partial charge in [-0.05, 0) is 43.4 Å². The molecule has 0 aromatic heterocycles. The number of fused-ring (bicyclic) bond motifs is 2. The minimum absolute atomic E-state index is 0.0172. The molecule has 0 aromatic carbocycles. The Kier molecular flexibility index (Phi) is 7.03. The number of hydrogen-bond acceptors (Lipinski definition) is 3. The lowest BCUT2D eigenvalue weighted by Gasteiger charge is -2.39. The van der Waals surface area contributed by atoms with E-state index in [2.05, 4.69) is 5.32 Å². The van der Waals surface area contributed by atoms with Gasteiger partial charge in [0.05, 0.1) is 6.54 Å². The van der Waals surface area contributed by atoms with Crippen molar-refractivity contribution in [2.45, 2.75) is 56.9 Å². The molecule has 4 nitrogen and oxygen atoms in total. The average molecular weight is 354 g/mol. The molecule has 0 heterocycles. The topological polar surface area (TPSA) is 56.6 Å². The van der Waals surface area contributed by atoms with E-state index in [0.29, 0.717) is 12.3 Å². The molecule has 0 spiro atoms. The van der Waals surface area contributed by atoms with Gasteiger partial charge in [-0.3, -0.25) is 4.79 Å². The van der Waals surface area contributed by atoms with Gasteiger partial charge < -0.3 is 15.0 Å². The van der Waals surface area contributed by atoms with Crippen molar-refractivity contribution in [1.82, 2.24) is 5.32 Å². The first kappa shape index (κ1) is 18.9. The van der Waals surface area contributed by atoms with Gasteiger partial charge in [-0.1, -0.05) is 19.3 Å². The number of halogens is 3. The number of amides is 1. The first-order chi connectivity index (χ1) is 10.8. The van der Waals surface area contributed by atoms with E-state index >= 15 is 0 Å². The maximum atomic E-state index is 12.0. The van der Waals surface area contributed by atoms with Crippen LogP contribution in [0.25, 0.3) is 0 Å². The summed E-state index contributed by atoms with van der Waals surface area (Å²) in [5, 5.41) is 13.6. The maximum Gasteiger partial charge on any atom is 0.496 e. The first-order valence-corrected chi connectivity index (χ1v) is 9.18. The van der Waals surface area contributed by atoms with E-state index in [1.165, 1.54) is 38.5 Å². The van der Waals surface area contributed by atoms with E-state index in [1.807, 2.05) is 0 Å². The maximum absolute atomic E-state index is 12.0. The van der Waals surface area contributed by atoms with Gasteiger partial charge in [0.15, 0.2) is 11.9 Å². The molecule has 0 aromatic rings. The van der Waals surface area contributed by atoms with Crippen molar-refractivity contribution in [1.29, 1.82) is 0 Å². The molecule has 2 rings (SSSR count). The molecular weight excluding hydrogens is 329 g/mol. The predicted octanol–water partition coefficient (Wildman–Crippen LogP) is 2.65. The molecule has 0 aliphatic heterocycles. The number of alkyl halides is 3. The highest BCUT2D eigenvalue weighted by molar-refractivity contribution is 7.93. The number of nitrogens with one attached hydrogen (secondary N) is 2. The normalized spacial score (nSPS) is 29.1. The predicted molar refractivity (Wildman–Crippen MR) is 83.3 cm³/mol. The van der Waals surface area contributed by atoms with Crippen LogP contribution in [0.4, 0.5) is 13.2 Å². The fourth-order valence-corrected chi connectivity index (χ4v) is 4.48. The molecule has 2 saturated carbocycles. The van der Waals surface area contributed by atoms with Crippen LogP contribution in [0.2, 0.25) is 0 Å². The lowest BCUT2D eigenvalue weighted by atomic mass is 9.67. The summed E-state index contributed by atoms with van der Waals surface area (Å²) >= 11 is -0.636. The monoisotopic (exact) mass is 354 g/mol. The lowest BCUT2D eigenvalue weighted by Crippen LogP contribution is -3.02. The van der Waals surface area contributed by atoms with Crippen molar-refractivity contribution in [3.63, 3.8) is 0 Å². The molecule has 2 aliphatic rings. The van der Waals surface area contributed by atoms with Gasteiger partial charge in [-0.25, -0.2) is 0 Å². The van der Waals surface area contributed by atoms with Gasteiger partial charge in [-0.2, -0.15) is 13.2 Å². The fourth-order valence-electron chi connectivity index (χ4n) is 4.01. The Labute approximate surface area is 139 Å². The molecule has 2 fully saturated rings. The number of carbonyl (C=O) groups is 1. The zero-order valence-corrected chi connectivity index (χ0v) is 14.0. The Balaban J connectivity index is 1.56. The SMILES string of the molecule is O=C(CCC1CC2CCCC(C2)C1)NCC[NH+]([O-])SC(F)(F)F. The Hall–Kier alpha value is -0.470. The molecule has 2 aliphatic carbocycles. The summed E-state index contributed by atoms with van der Waals surface area (Å²) in [5.41, 5.74) is -4.54. The quantitative estimate of drug-likeness (QED) is 0.546. The van der Waals surface area contributed by atoms with Crippen molar-refractivity contribution in [2.24, 2.45) is 17.8 Å². The number of hydroxylamine groups is 1. The first-order valence-electron chi connectivity index (χ1n) is 8.37. The van der Waals surface area contributed by atoms with Crippen LogP contribution >= 0.6 is 11.9 Å². The van der Waals surface area contributed by atoms with Crippen molar-refractivity contribution in [3.05, 3.63) is 5.21 Å². The van der Waals surface area contributed by atoms with E-state index in [1.54, 1.807) is 0 Å². The van der Waals surface area contributed by atoms with Crippen molar-refractivity contribution < 1.29 is 22.4 Å². The Morgan fingerprint density at radius 2 is 1.87 bits per heavy atom. The highest BCUT2D eigenvalue weighted by Crippen LogP contribution is 2.43. The van der Waals surface area contributed by atoms with Crippen molar-refractivity contribution >= 4 is 17.9 Å². The van der Waals surface area contributed by atoms with Crippen molar-refractivity contribution in [3.8, 4) is 0 Å². The van der Waals surface area contributed by atoms with Crippen LogP contribution in [0, 0.1) is 23.0 Å². The molecule has 8 heteroatoms. The summed E-state index contributed by atoms with van der Waals surface area (Å²) in [5.74, 6) is 2.10. The molecule has 134 valence electrons. The van der Waals surface area contributed by atoms with Crippen LogP contribution in [-0.4, -0.2) is 24.5 Å². The second kappa shape index (κ2) is 8.58. The third-order valence-corrected chi connectivity index (χ3v) is 5.55. The molecule has 0 saturated heterocycles. The van der Waals surface area contributed by atoms with Gasteiger partial charge >= 0.3 is 5.51 Å². The van der Waals surface area contributed by atoms with E-state index in [9.17, 15) is 23.2 Å². The van der Waals surface area contributed by atoms with Gasteiger partial charge in [0.2, 0.25) is 5.91 Å². The van der Waals surface area contributed by atoms with Gasteiger partial charge in [0, 0.05) is 6.42 Å². The summed E-state index contributed by atoms with van der Waals surface area (Å²) in [4.78, 5) is 11.7. The highest BCUT2D eigenvalue weighted by atomic mass is 32.2. The van der Waals surface area contributed by atoms with Crippen LogP contribution < -0.4 is 9.79 Å². The lowest BCUT2D eigenvalue weighted by molar-refractivity contribution is -0.696. The number of rotatable bonds is 7. The Morgan fingerprint density at radius 3 is 2.48 bits per heavy atom. The van der Waals surface area contributed by atoms with Crippen LogP contribution in [0.3, 0.4) is 0 Å². The minimum Gasteiger partial charge on any atom is -0.621 e. The zero-order chi connectivity index (χ0) is 16.9. The van der Waals surface area contributed by atoms with Crippen LogP contribution in [0.1, 0.15) is 51.4 Å². The van der Waals surface area contributed by atoms with Crippen LogP contribution in [0.15, 0.2) is 0 Å². The second-order valence-electron chi connectivity index (χ2n) is 6.79. The molecule has 1 amide bonds. The Bertz CT molecular complexity index is 383. The summed E-state index contributed by atoms with van der Waals surface area (Å²) < 4.78 is 35.0. The minimum atomic E-state index is -4.54. The highest BCUT2D eigenvalue weighted by Gasteiger charge is 2.35. The number of hydrogen-bond donors (Lipinski definition) is 2. The summed E-state index contributed by atoms with van der Waals surface area (Å²) in [6.45, 7) is -0.305. The van der Waals surface area contributed by atoms with Gasteiger partial charge in [0.1, 0.15) is 6.54 Å². The molecule has 3 atom stereocenters. The van der Waals surface area contributed by atoms with E-state index in [4.69, 9.17) is 0 Å². The van der Waals surface area contributed by atoms with Crippen molar-refractivity contribution in [2.75, 3.05) is 13.1 Å². The van der Waals surface area contributed by atoms with Gasteiger partial charge in [-0.15, -0.1) is 0 Å².